The average Bonchev–Trinajstić information content (AvgIpc) is 2.33. The Morgan fingerprint density at radius 2 is 1.78 bits per heavy atom. The van der Waals surface area contributed by atoms with Crippen molar-refractivity contribution >= 4 is 11.8 Å². The van der Waals surface area contributed by atoms with Crippen LogP contribution < -0.4 is 67.3 Å². The van der Waals surface area contributed by atoms with Crippen molar-refractivity contribution in [2.75, 3.05) is 39.3 Å². The fourth-order valence-electron chi connectivity index (χ4n) is 1.59. The van der Waals surface area contributed by atoms with Gasteiger partial charge >= 0.3 is 51.4 Å². The van der Waals surface area contributed by atoms with Crippen molar-refractivity contribution in [1.29, 1.82) is 0 Å². The predicted octanol–water partition coefficient (Wildman–Crippen LogP) is -3.77. The van der Waals surface area contributed by atoms with Gasteiger partial charge in [-0.3, -0.25) is 9.59 Å². The van der Waals surface area contributed by atoms with Crippen LogP contribution in [-0.2, 0) is 9.59 Å². The van der Waals surface area contributed by atoms with E-state index in [2.05, 4.69) is 28.2 Å². The smallest absolute Gasteiger partial charge is 0.647 e. The number of carbonyl (C=O) groups excluding carboxylic acids is 2. The molecule has 0 spiro atoms. The van der Waals surface area contributed by atoms with Crippen molar-refractivity contribution in [3.63, 3.8) is 0 Å². The predicted molar refractivity (Wildman–Crippen MR) is 65.8 cm³/mol. The van der Waals surface area contributed by atoms with Gasteiger partial charge in [0.15, 0.2) is 11.8 Å². The van der Waals surface area contributed by atoms with Gasteiger partial charge in [0, 0.05) is 19.6 Å². The molecule has 1 aliphatic heterocycles. The van der Waals surface area contributed by atoms with Gasteiger partial charge in [0.2, 0.25) is 0 Å². The molecule has 1 unspecified atom stereocenters. The van der Waals surface area contributed by atoms with Crippen molar-refractivity contribution < 1.29 is 61.0 Å². The molecule has 1 aliphatic rings. The van der Waals surface area contributed by atoms with E-state index < -0.39 is 0 Å². The minimum Gasteiger partial charge on any atom is -0.647 e. The Morgan fingerprint density at radius 3 is 2.44 bits per heavy atom. The van der Waals surface area contributed by atoms with Crippen molar-refractivity contribution in [1.82, 2.24) is 16.0 Å². The molecule has 0 aliphatic carbocycles. The van der Waals surface area contributed by atoms with Crippen LogP contribution in [-0.4, -0.2) is 51.1 Å². The van der Waals surface area contributed by atoms with Crippen LogP contribution in [0.3, 0.4) is 0 Å². The summed E-state index contributed by atoms with van der Waals surface area (Å²) in [5.41, 5.74) is 0. The maximum atomic E-state index is 11.4. The number of hydrogen-bond acceptors (Lipinski definition) is 3. The standard InChI is InChI=1S/C11H21N4O2.K/c1-2-9-5-12-3-4-14-10(16)7-13-8-11(17)15-6-9;/h9,12H,2-8H2,1H3,(H,14,16)(H,15,17);/q-1;+1. The largest absolute Gasteiger partial charge is 1.00 e. The molecule has 1 rings (SSSR count). The van der Waals surface area contributed by atoms with Gasteiger partial charge in [-0.2, -0.15) is 0 Å². The Bertz CT molecular complexity index is 263. The average molecular weight is 280 g/mol. The minimum atomic E-state index is -0.133. The van der Waals surface area contributed by atoms with E-state index in [-0.39, 0.29) is 76.3 Å². The fourth-order valence-corrected chi connectivity index (χ4v) is 1.59. The molecule has 0 bridgehead atoms. The molecule has 6 nitrogen and oxygen atoms in total. The topological polar surface area (TPSA) is 84.3 Å². The fraction of sp³-hybridized carbons (Fsp3) is 0.818. The maximum Gasteiger partial charge on any atom is 1.00 e. The Kier molecular flexibility index (Phi) is 11.6. The summed E-state index contributed by atoms with van der Waals surface area (Å²) in [5, 5.41) is 12.7. The summed E-state index contributed by atoms with van der Waals surface area (Å²) in [4.78, 5) is 22.6. The van der Waals surface area contributed by atoms with Gasteiger partial charge < -0.3 is 21.3 Å². The number of hydrogen-bond donors (Lipinski definition) is 3. The van der Waals surface area contributed by atoms with Crippen LogP contribution in [0.15, 0.2) is 0 Å². The molecule has 98 valence electrons. The molecule has 0 radical (unpaired) electrons. The van der Waals surface area contributed by atoms with Crippen LogP contribution in [0, 0.1) is 5.92 Å². The van der Waals surface area contributed by atoms with Gasteiger partial charge in [0.1, 0.15) is 0 Å². The molecule has 0 aromatic heterocycles. The Morgan fingerprint density at radius 1 is 1.11 bits per heavy atom. The molecule has 1 saturated heterocycles. The monoisotopic (exact) mass is 280 g/mol. The van der Waals surface area contributed by atoms with Gasteiger partial charge in [-0.15, -0.1) is 0 Å². The van der Waals surface area contributed by atoms with E-state index in [1.54, 1.807) is 0 Å². The summed E-state index contributed by atoms with van der Waals surface area (Å²) in [7, 11) is 0. The third-order valence-electron chi connectivity index (χ3n) is 2.73. The van der Waals surface area contributed by atoms with Crippen LogP contribution in [0.5, 0.6) is 0 Å². The zero-order chi connectivity index (χ0) is 12.5. The molecule has 3 N–H and O–H groups in total. The van der Waals surface area contributed by atoms with E-state index in [0.717, 1.165) is 19.5 Å². The maximum absolute atomic E-state index is 11.4. The number of nitrogens with zero attached hydrogens (tertiary/aromatic N) is 1. The van der Waals surface area contributed by atoms with Gasteiger partial charge in [-0.1, -0.05) is 26.4 Å². The molecule has 0 aromatic carbocycles. The van der Waals surface area contributed by atoms with Crippen LogP contribution >= 0.6 is 0 Å². The van der Waals surface area contributed by atoms with E-state index in [0.29, 0.717) is 19.0 Å². The summed E-state index contributed by atoms with van der Waals surface area (Å²) >= 11 is 0. The van der Waals surface area contributed by atoms with Crippen LogP contribution in [0.25, 0.3) is 5.32 Å². The molecular weight excluding hydrogens is 259 g/mol. The Balaban J connectivity index is 0.00000289. The second kappa shape index (κ2) is 11.3. The second-order valence-electron chi connectivity index (χ2n) is 4.17. The molecule has 7 heteroatoms. The first kappa shape index (κ1) is 18.5. The summed E-state index contributed by atoms with van der Waals surface area (Å²) in [6.45, 7) is 5.09. The van der Waals surface area contributed by atoms with Crippen LogP contribution in [0.4, 0.5) is 0 Å². The number of carbonyl (C=O) groups is 2. The summed E-state index contributed by atoms with van der Waals surface area (Å²) in [5.74, 6) is 0.178. The van der Waals surface area contributed by atoms with Gasteiger partial charge in [-0.25, -0.2) is 0 Å². The zero-order valence-corrected chi connectivity index (χ0v) is 14.4. The first-order chi connectivity index (χ1) is 8.22. The number of amides is 2. The molecule has 1 heterocycles. The van der Waals surface area contributed by atoms with E-state index in [9.17, 15) is 9.59 Å². The summed E-state index contributed by atoms with van der Waals surface area (Å²) < 4.78 is 0. The van der Waals surface area contributed by atoms with Crippen molar-refractivity contribution in [2.24, 2.45) is 5.92 Å². The van der Waals surface area contributed by atoms with Gasteiger partial charge in [0.25, 0.3) is 0 Å². The van der Waals surface area contributed by atoms with Gasteiger partial charge in [-0.05, 0) is 12.5 Å². The first-order valence-electron chi connectivity index (χ1n) is 6.09. The zero-order valence-electron chi connectivity index (χ0n) is 11.3. The van der Waals surface area contributed by atoms with Crippen molar-refractivity contribution in [3.05, 3.63) is 5.32 Å². The normalized spacial score (nSPS) is 23.5. The van der Waals surface area contributed by atoms with Crippen LogP contribution in [0.1, 0.15) is 13.3 Å². The number of rotatable bonds is 1. The second-order valence-corrected chi connectivity index (χ2v) is 4.17. The molecule has 2 amide bonds. The van der Waals surface area contributed by atoms with E-state index in [4.69, 9.17) is 0 Å². The Labute approximate surface area is 151 Å². The SMILES string of the molecule is CCC1CNCCNC(=O)C[N-]CC(=O)NC1.[K+]. The third kappa shape index (κ3) is 8.57. The molecule has 18 heavy (non-hydrogen) atoms. The quantitative estimate of drug-likeness (QED) is 0.431. The van der Waals surface area contributed by atoms with E-state index in [1.807, 2.05) is 0 Å². The van der Waals surface area contributed by atoms with Gasteiger partial charge in [0.05, 0.1) is 0 Å². The number of nitrogens with one attached hydrogen (secondary N) is 3. The van der Waals surface area contributed by atoms with Crippen molar-refractivity contribution in [3.8, 4) is 0 Å². The minimum absolute atomic E-state index is 0. The van der Waals surface area contributed by atoms with E-state index in [1.165, 1.54) is 0 Å². The van der Waals surface area contributed by atoms with Crippen molar-refractivity contribution in [2.45, 2.75) is 13.3 Å². The molecule has 1 fully saturated rings. The van der Waals surface area contributed by atoms with Crippen LogP contribution in [0.2, 0.25) is 0 Å². The summed E-state index contributed by atoms with van der Waals surface area (Å²) in [6, 6.07) is 0. The Hall–Kier alpha value is 0.496. The molecule has 0 aromatic rings. The van der Waals surface area contributed by atoms with E-state index >= 15 is 0 Å². The molecule has 0 saturated carbocycles. The third-order valence-corrected chi connectivity index (χ3v) is 2.73. The first-order valence-corrected chi connectivity index (χ1v) is 6.09. The molecule has 1 atom stereocenters. The summed E-state index contributed by atoms with van der Waals surface area (Å²) in [6.07, 6.45) is 1.01. The molecular formula is C11H21KN4O2.